The number of halogens is 2. The van der Waals surface area contributed by atoms with Gasteiger partial charge in [0.05, 0.1) is 10.5 Å². The molecule has 4 nitrogen and oxygen atoms in total. The predicted molar refractivity (Wildman–Crippen MR) is 64.9 cm³/mol. The molecule has 0 bridgehead atoms. The fourth-order valence-corrected chi connectivity index (χ4v) is 3.46. The number of hydrogen-bond donors (Lipinski definition) is 1. The van der Waals surface area contributed by atoms with E-state index in [1.165, 1.54) is 0 Å². The Morgan fingerprint density at radius 2 is 1.84 bits per heavy atom. The van der Waals surface area contributed by atoms with Crippen molar-refractivity contribution in [1.29, 1.82) is 0 Å². The van der Waals surface area contributed by atoms with Crippen LogP contribution in [0, 0.1) is 17.6 Å². The highest BCUT2D eigenvalue weighted by Gasteiger charge is 2.49. The Balaban J connectivity index is 2.23. The van der Waals surface area contributed by atoms with E-state index < -0.39 is 27.3 Å². The molecule has 1 fully saturated rings. The van der Waals surface area contributed by atoms with Gasteiger partial charge in [-0.15, -0.1) is 0 Å². The Morgan fingerprint density at radius 1 is 1.26 bits per heavy atom. The normalized spacial score (nSPS) is 19.5. The molecular weight excluding hydrogens is 276 g/mol. The van der Waals surface area contributed by atoms with Gasteiger partial charge >= 0.3 is 0 Å². The molecule has 1 aliphatic rings. The van der Waals surface area contributed by atoms with Gasteiger partial charge in [-0.1, -0.05) is 13.8 Å². The first kappa shape index (κ1) is 14.4. The van der Waals surface area contributed by atoms with E-state index in [2.05, 4.69) is 0 Å². The summed E-state index contributed by atoms with van der Waals surface area (Å²) in [4.78, 5) is -0.308. The van der Waals surface area contributed by atoms with Crippen LogP contribution in [-0.4, -0.2) is 36.5 Å². The second-order valence-electron chi connectivity index (χ2n) is 5.11. The fraction of sp³-hybridized carbons (Fsp3) is 0.500. The number of β-amino-alcohol motifs (C(OH)–C–C–N with tert-alkyl or cyclic N) is 1. The SMILES string of the molecule is CC(C)C1(O)CN(S(=O)(=O)c2ccc(F)c(F)c2)C1. The van der Waals surface area contributed by atoms with Gasteiger partial charge in [0, 0.05) is 13.1 Å². The summed E-state index contributed by atoms with van der Waals surface area (Å²) in [6, 6.07) is 2.44. The van der Waals surface area contributed by atoms with Crippen LogP contribution in [-0.2, 0) is 10.0 Å². The third-order valence-electron chi connectivity index (χ3n) is 3.50. The van der Waals surface area contributed by atoms with Crippen LogP contribution in [0.25, 0.3) is 0 Å². The molecule has 1 aromatic carbocycles. The number of nitrogens with zero attached hydrogens (tertiary/aromatic N) is 1. The summed E-state index contributed by atoms with van der Waals surface area (Å²) in [6.45, 7) is 3.51. The van der Waals surface area contributed by atoms with E-state index in [-0.39, 0.29) is 23.9 Å². The number of aliphatic hydroxyl groups is 1. The highest BCUT2D eigenvalue weighted by molar-refractivity contribution is 7.89. The second-order valence-corrected chi connectivity index (χ2v) is 7.05. The minimum atomic E-state index is -3.88. The molecule has 0 unspecified atom stereocenters. The average molecular weight is 291 g/mol. The van der Waals surface area contributed by atoms with E-state index in [1.54, 1.807) is 13.8 Å². The van der Waals surface area contributed by atoms with Crippen LogP contribution < -0.4 is 0 Å². The second kappa shape index (κ2) is 4.50. The zero-order chi connectivity index (χ0) is 14.4. The minimum Gasteiger partial charge on any atom is -0.387 e. The molecule has 1 heterocycles. The maximum atomic E-state index is 13.1. The van der Waals surface area contributed by atoms with E-state index in [1.807, 2.05) is 0 Å². The lowest BCUT2D eigenvalue weighted by Crippen LogP contribution is -2.65. The number of benzene rings is 1. The van der Waals surface area contributed by atoms with Crippen molar-refractivity contribution in [3.63, 3.8) is 0 Å². The van der Waals surface area contributed by atoms with Gasteiger partial charge in [-0.05, 0) is 24.1 Å². The number of sulfonamides is 1. The van der Waals surface area contributed by atoms with Crippen molar-refractivity contribution in [2.45, 2.75) is 24.3 Å². The molecule has 0 aromatic heterocycles. The molecule has 0 aliphatic carbocycles. The molecule has 1 N–H and O–H groups in total. The van der Waals surface area contributed by atoms with Gasteiger partial charge in [0.2, 0.25) is 10.0 Å². The summed E-state index contributed by atoms with van der Waals surface area (Å²) >= 11 is 0. The Hall–Kier alpha value is -1.05. The Labute approximate surface area is 110 Å². The van der Waals surface area contributed by atoms with Crippen molar-refractivity contribution in [2.75, 3.05) is 13.1 Å². The van der Waals surface area contributed by atoms with E-state index in [4.69, 9.17) is 0 Å². The van der Waals surface area contributed by atoms with Crippen molar-refractivity contribution in [3.8, 4) is 0 Å². The van der Waals surface area contributed by atoms with Crippen LogP contribution in [0.15, 0.2) is 23.1 Å². The van der Waals surface area contributed by atoms with Crippen molar-refractivity contribution < 1.29 is 22.3 Å². The van der Waals surface area contributed by atoms with Gasteiger partial charge in [0.15, 0.2) is 11.6 Å². The lowest BCUT2D eigenvalue weighted by Gasteiger charge is -2.47. The standard InChI is InChI=1S/C12H15F2NO3S/c1-8(2)12(16)6-15(7-12)19(17,18)9-3-4-10(13)11(14)5-9/h3-5,8,16H,6-7H2,1-2H3. The van der Waals surface area contributed by atoms with Gasteiger partial charge < -0.3 is 5.11 Å². The monoisotopic (exact) mass is 291 g/mol. The lowest BCUT2D eigenvalue weighted by atomic mass is 9.85. The van der Waals surface area contributed by atoms with E-state index in [0.29, 0.717) is 6.07 Å². The molecule has 0 saturated carbocycles. The molecule has 2 rings (SSSR count). The molecule has 0 radical (unpaired) electrons. The first-order valence-electron chi connectivity index (χ1n) is 5.84. The van der Waals surface area contributed by atoms with E-state index >= 15 is 0 Å². The van der Waals surface area contributed by atoms with Crippen molar-refractivity contribution in [1.82, 2.24) is 4.31 Å². The molecule has 1 saturated heterocycles. The summed E-state index contributed by atoms with van der Waals surface area (Å²) in [5.74, 6) is -2.38. The Kier molecular flexibility index (Phi) is 3.40. The van der Waals surface area contributed by atoms with Gasteiger partial charge in [-0.2, -0.15) is 4.31 Å². The van der Waals surface area contributed by atoms with Gasteiger partial charge in [-0.25, -0.2) is 17.2 Å². The zero-order valence-electron chi connectivity index (χ0n) is 10.6. The van der Waals surface area contributed by atoms with Crippen molar-refractivity contribution in [3.05, 3.63) is 29.8 Å². The maximum Gasteiger partial charge on any atom is 0.243 e. The highest BCUT2D eigenvalue weighted by atomic mass is 32.2. The molecule has 0 amide bonds. The van der Waals surface area contributed by atoms with Crippen LogP contribution in [0.3, 0.4) is 0 Å². The first-order valence-corrected chi connectivity index (χ1v) is 7.28. The third-order valence-corrected chi connectivity index (χ3v) is 5.29. The van der Waals surface area contributed by atoms with Gasteiger partial charge in [-0.3, -0.25) is 0 Å². The summed E-state index contributed by atoms with van der Waals surface area (Å²) < 4.78 is 51.1. The molecule has 106 valence electrons. The predicted octanol–water partition coefficient (Wildman–Crippen LogP) is 1.36. The smallest absolute Gasteiger partial charge is 0.243 e. The number of hydrogen-bond acceptors (Lipinski definition) is 3. The molecule has 19 heavy (non-hydrogen) atoms. The van der Waals surface area contributed by atoms with Crippen LogP contribution in [0.2, 0.25) is 0 Å². The van der Waals surface area contributed by atoms with E-state index in [9.17, 15) is 22.3 Å². The summed E-state index contributed by atoms with van der Waals surface area (Å²) in [5, 5.41) is 10.0. The van der Waals surface area contributed by atoms with Crippen molar-refractivity contribution in [2.24, 2.45) is 5.92 Å². The zero-order valence-corrected chi connectivity index (χ0v) is 11.4. The lowest BCUT2D eigenvalue weighted by molar-refractivity contribution is -0.0932. The topological polar surface area (TPSA) is 57.6 Å². The third kappa shape index (κ3) is 2.37. The molecule has 0 atom stereocenters. The molecule has 0 spiro atoms. The van der Waals surface area contributed by atoms with Crippen molar-refractivity contribution >= 4 is 10.0 Å². The Bertz CT molecular complexity index is 595. The van der Waals surface area contributed by atoms with Crippen LogP contribution >= 0.6 is 0 Å². The van der Waals surface area contributed by atoms with Crippen LogP contribution in [0.5, 0.6) is 0 Å². The van der Waals surface area contributed by atoms with Crippen LogP contribution in [0.1, 0.15) is 13.8 Å². The first-order chi connectivity index (χ1) is 8.67. The Morgan fingerprint density at radius 3 is 2.32 bits per heavy atom. The summed E-state index contributed by atoms with van der Waals surface area (Å²) in [5.41, 5.74) is -1.05. The molecular formula is C12H15F2NO3S. The largest absolute Gasteiger partial charge is 0.387 e. The van der Waals surface area contributed by atoms with E-state index in [0.717, 1.165) is 16.4 Å². The van der Waals surface area contributed by atoms with Gasteiger partial charge in [0.1, 0.15) is 0 Å². The highest BCUT2D eigenvalue weighted by Crippen LogP contribution is 2.33. The molecule has 7 heteroatoms. The fourth-order valence-electron chi connectivity index (χ4n) is 1.89. The van der Waals surface area contributed by atoms with Crippen LogP contribution in [0.4, 0.5) is 8.78 Å². The van der Waals surface area contributed by atoms with Gasteiger partial charge in [0.25, 0.3) is 0 Å². The minimum absolute atomic E-state index is 0.0357. The molecule has 1 aromatic rings. The summed E-state index contributed by atoms with van der Waals surface area (Å²) in [7, 11) is -3.88. The summed E-state index contributed by atoms with van der Waals surface area (Å²) in [6.07, 6.45) is 0. The number of rotatable bonds is 3. The molecule has 1 aliphatic heterocycles. The quantitative estimate of drug-likeness (QED) is 0.914. The maximum absolute atomic E-state index is 13.1. The average Bonchev–Trinajstić information content (AvgIpc) is 2.27.